The van der Waals surface area contributed by atoms with E-state index in [0.29, 0.717) is 34.7 Å². The molecule has 4 nitrogen and oxygen atoms in total. The van der Waals surface area contributed by atoms with Gasteiger partial charge in [-0.15, -0.1) is 0 Å². The zero-order valence-electron chi connectivity index (χ0n) is 25.9. The van der Waals surface area contributed by atoms with Gasteiger partial charge in [0.25, 0.3) is 0 Å². The molecule has 46 heavy (non-hydrogen) atoms. The van der Waals surface area contributed by atoms with Gasteiger partial charge in [0.15, 0.2) is 0 Å². The molecule has 0 aliphatic rings. The number of carbonyl (C=O) groups excluding carboxylic acids is 1. The first-order valence-electron chi connectivity index (χ1n) is 15.8. The van der Waals surface area contributed by atoms with Crippen molar-refractivity contribution >= 4 is 63.2 Å². The van der Waals surface area contributed by atoms with Crippen molar-refractivity contribution in [3.63, 3.8) is 0 Å². The van der Waals surface area contributed by atoms with Crippen molar-refractivity contribution in [3.05, 3.63) is 155 Å². The molecule has 1 unspecified atom stereocenters. The van der Waals surface area contributed by atoms with Crippen molar-refractivity contribution in [2.24, 2.45) is 5.92 Å². The second-order valence-corrected chi connectivity index (χ2v) is 16.8. The number of amides is 1. The predicted molar refractivity (Wildman–Crippen MR) is 197 cm³/mol. The molecule has 1 aromatic heterocycles. The van der Waals surface area contributed by atoms with Gasteiger partial charge < -0.3 is 0 Å². The van der Waals surface area contributed by atoms with Crippen molar-refractivity contribution in [1.82, 2.24) is 15.1 Å². The Balaban J connectivity index is 1.16. The maximum atomic E-state index is 13.5. The molecular formula is C39H38Cl2N3OP. The minimum atomic E-state index is -2.28. The normalized spacial score (nSPS) is 12.6. The van der Waals surface area contributed by atoms with E-state index >= 15 is 0 Å². The maximum absolute atomic E-state index is 13.5. The average Bonchev–Trinajstić information content (AvgIpc) is 3.46. The first kappa shape index (κ1) is 32.0. The molecule has 1 N–H and O–H groups in total. The Morgan fingerprint density at radius 3 is 1.91 bits per heavy atom. The van der Waals surface area contributed by atoms with Crippen LogP contribution < -0.4 is 21.2 Å². The topological polar surface area (TPSA) is 46.9 Å². The summed E-state index contributed by atoms with van der Waals surface area (Å²) >= 11 is 12.6. The third kappa shape index (κ3) is 6.90. The molecule has 234 valence electrons. The second-order valence-electron chi connectivity index (χ2n) is 12.0. The van der Waals surface area contributed by atoms with E-state index in [1.54, 1.807) is 6.07 Å². The standard InChI is InChI=1S/C39H38Cl2N3OP/c1-29(24-26-46(32-13-5-2-6-14-32,33-15-7-3-8-16-33)34-17-9-4-10-18-34)23-25-42-39(45)38-35-19-11-12-20-37(35)44(43-38)28-30-21-22-31(40)27-36(30)41/h2-22,27,29,46H,23-26,28H2,1H3,(H,42,45). The summed E-state index contributed by atoms with van der Waals surface area (Å²) in [5.74, 6) is 0.260. The Kier molecular flexibility index (Phi) is 10.2. The van der Waals surface area contributed by atoms with E-state index in [4.69, 9.17) is 28.3 Å². The fraction of sp³-hybridized carbons (Fsp3) is 0.179. The molecule has 7 heteroatoms. The van der Waals surface area contributed by atoms with Gasteiger partial charge >= 0.3 is 231 Å². The second kappa shape index (κ2) is 14.6. The number of nitrogens with zero attached hydrogens (tertiary/aromatic N) is 2. The molecule has 0 fully saturated rings. The van der Waals surface area contributed by atoms with E-state index in [-0.39, 0.29) is 5.91 Å². The van der Waals surface area contributed by atoms with Crippen LogP contribution in [-0.2, 0) is 6.54 Å². The minimum absolute atomic E-state index is 0.161. The van der Waals surface area contributed by atoms with Crippen molar-refractivity contribution in [3.8, 4) is 0 Å². The van der Waals surface area contributed by atoms with Crippen LogP contribution in [0.4, 0.5) is 0 Å². The summed E-state index contributed by atoms with van der Waals surface area (Å²) < 4.78 is 1.84. The zero-order chi connectivity index (χ0) is 31.9. The molecule has 0 aliphatic carbocycles. The number of halogens is 2. The van der Waals surface area contributed by atoms with Gasteiger partial charge in [-0.3, -0.25) is 0 Å². The van der Waals surface area contributed by atoms with E-state index in [9.17, 15) is 4.79 Å². The van der Waals surface area contributed by atoms with Crippen molar-refractivity contribution in [1.29, 1.82) is 0 Å². The van der Waals surface area contributed by atoms with Gasteiger partial charge in [0.2, 0.25) is 0 Å². The number of fused-ring (bicyclic) bond motifs is 1. The molecule has 1 heterocycles. The van der Waals surface area contributed by atoms with Crippen LogP contribution in [0.5, 0.6) is 0 Å². The van der Waals surface area contributed by atoms with Crippen LogP contribution in [0.15, 0.2) is 133 Å². The van der Waals surface area contributed by atoms with Crippen LogP contribution in [0.1, 0.15) is 35.8 Å². The molecule has 0 saturated heterocycles. The van der Waals surface area contributed by atoms with Crippen LogP contribution >= 0.6 is 30.5 Å². The Labute approximate surface area is 281 Å². The first-order chi connectivity index (χ1) is 22.5. The number of para-hydroxylation sites is 1. The van der Waals surface area contributed by atoms with E-state index in [1.165, 1.54) is 15.9 Å². The Bertz CT molecular complexity index is 1820. The van der Waals surface area contributed by atoms with Gasteiger partial charge in [-0.2, -0.15) is 0 Å². The number of rotatable bonds is 12. The van der Waals surface area contributed by atoms with Crippen LogP contribution in [-0.4, -0.2) is 28.4 Å². The summed E-state index contributed by atoms with van der Waals surface area (Å²) in [6, 6.07) is 46.4. The average molecular weight is 667 g/mol. The van der Waals surface area contributed by atoms with Gasteiger partial charge in [-0.1, -0.05) is 29.3 Å². The summed E-state index contributed by atoms with van der Waals surface area (Å²) in [6.07, 6.45) is 3.02. The van der Waals surface area contributed by atoms with Gasteiger partial charge in [-0.25, -0.2) is 0 Å². The van der Waals surface area contributed by atoms with Crippen molar-refractivity contribution in [2.75, 3.05) is 12.7 Å². The Hall–Kier alpha value is -3.95. The number of hydrogen-bond donors (Lipinski definition) is 1. The SMILES string of the molecule is CC(CCNC(=O)c1nn(Cc2ccc(Cl)cc2Cl)c2ccccc12)CC[PH](c1ccccc1)(c1ccccc1)c1ccccc1. The quantitative estimate of drug-likeness (QED) is 0.134. The molecule has 0 saturated carbocycles. The van der Waals surface area contributed by atoms with Crippen molar-refractivity contribution < 1.29 is 4.79 Å². The van der Waals surface area contributed by atoms with Crippen LogP contribution in [0.2, 0.25) is 10.0 Å². The van der Waals surface area contributed by atoms with E-state index in [0.717, 1.165) is 35.5 Å². The number of aromatic nitrogens is 2. The third-order valence-corrected chi connectivity index (χ3v) is 14.5. The molecule has 0 bridgehead atoms. The fourth-order valence-electron chi connectivity index (χ4n) is 6.45. The zero-order valence-corrected chi connectivity index (χ0v) is 28.4. The monoisotopic (exact) mass is 665 g/mol. The van der Waals surface area contributed by atoms with Crippen LogP contribution in [0, 0.1) is 5.92 Å². The molecule has 0 spiro atoms. The molecule has 1 atom stereocenters. The summed E-state index contributed by atoms with van der Waals surface area (Å²) in [5.41, 5.74) is 2.20. The van der Waals surface area contributed by atoms with Gasteiger partial charge in [-0.05, 0) is 12.1 Å². The third-order valence-electron chi connectivity index (χ3n) is 8.94. The Morgan fingerprint density at radius 1 is 0.761 bits per heavy atom. The number of hydrogen-bond acceptors (Lipinski definition) is 2. The Morgan fingerprint density at radius 2 is 1.33 bits per heavy atom. The van der Waals surface area contributed by atoms with Crippen molar-refractivity contribution in [2.45, 2.75) is 26.3 Å². The van der Waals surface area contributed by atoms with Crippen LogP contribution in [0.3, 0.4) is 0 Å². The van der Waals surface area contributed by atoms with Gasteiger partial charge in [0, 0.05) is 10.0 Å². The van der Waals surface area contributed by atoms with Gasteiger partial charge in [0.05, 0.1) is 0 Å². The molecule has 0 aliphatic heterocycles. The van der Waals surface area contributed by atoms with E-state index < -0.39 is 7.26 Å². The molecule has 0 radical (unpaired) electrons. The number of carbonyl (C=O) groups is 1. The molecule has 6 aromatic rings. The molecule has 5 aromatic carbocycles. The molecule has 6 rings (SSSR count). The molecular weight excluding hydrogens is 628 g/mol. The number of nitrogens with one attached hydrogen (secondary N) is 1. The molecule has 1 amide bonds. The fourth-order valence-corrected chi connectivity index (χ4v) is 12.0. The summed E-state index contributed by atoms with van der Waals surface area (Å²) in [6.45, 7) is 3.32. The van der Waals surface area contributed by atoms with E-state index in [1.807, 2.05) is 41.1 Å². The first-order valence-corrected chi connectivity index (χ1v) is 18.8. The van der Waals surface area contributed by atoms with E-state index in [2.05, 4.69) is 103 Å². The van der Waals surface area contributed by atoms with Crippen LogP contribution in [0.25, 0.3) is 10.9 Å². The summed E-state index contributed by atoms with van der Waals surface area (Å²) in [7, 11) is -2.28. The summed E-state index contributed by atoms with van der Waals surface area (Å²) in [5, 5.41) is 14.2. The summed E-state index contributed by atoms with van der Waals surface area (Å²) in [4.78, 5) is 13.5. The predicted octanol–water partition coefficient (Wildman–Crippen LogP) is 8.26. The van der Waals surface area contributed by atoms with Gasteiger partial charge in [0.1, 0.15) is 0 Å². The number of benzene rings is 5.